The Kier molecular flexibility index (Phi) is 5.88. The largest absolute Gasteiger partial charge is 0.545 e. The molecule has 0 saturated heterocycles. The molecule has 9 heteroatoms. The van der Waals surface area contributed by atoms with Crippen LogP contribution in [0.4, 0.5) is 0 Å². The molecule has 0 spiro atoms. The number of nitrogens with zero attached hydrogens (tertiary/aromatic N) is 1. The number of carbonyl (C=O) groups excluding carboxylic acids is 3. The summed E-state index contributed by atoms with van der Waals surface area (Å²) in [6.45, 7) is 0.0659. The van der Waals surface area contributed by atoms with Gasteiger partial charge in [-0.2, -0.15) is 5.10 Å². The third kappa shape index (κ3) is 4.93. The monoisotopic (exact) mass is 344 g/mol. The van der Waals surface area contributed by atoms with Gasteiger partial charge in [0.15, 0.2) is 0 Å². The standard InChI is InChI=1S/C16H15N3O6/c1-24-13-5-4-10(7-12(13)16(22)23)8-18-19-15(21)14(20)17-9-11-3-2-6-25-11/h2-8H,9H2,1H3,(H,17,20)(H,19,21)(H,22,23)/p-1/b18-8-. The average molecular weight is 344 g/mol. The minimum absolute atomic E-state index is 0.0659. The van der Waals surface area contributed by atoms with Gasteiger partial charge in [0.25, 0.3) is 0 Å². The predicted octanol–water partition coefficient (Wildman–Crippen LogP) is -0.582. The van der Waals surface area contributed by atoms with E-state index in [9.17, 15) is 19.5 Å². The number of carboxylic acid groups (broad SMARTS) is 1. The van der Waals surface area contributed by atoms with Gasteiger partial charge in [-0.3, -0.25) is 9.59 Å². The van der Waals surface area contributed by atoms with Crippen molar-refractivity contribution in [2.45, 2.75) is 6.54 Å². The Hall–Kier alpha value is -3.62. The van der Waals surface area contributed by atoms with Crippen molar-refractivity contribution in [2.24, 2.45) is 5.10 Å². The van der Waals surface area contributed by atoms with Gasteiger partial charge in [-0.05, 0) is 35.9 Å². The Bertz CT molecular complexity index is 798. The van der Waals surface area contributed by atoms with Crippen LogP contribution in [-0.2, 0) is 16.1 Å². The fraction of sp³-hybridized carbons (Fsp3) is 0.125. The second-order valence-corrected chi connectivity index (χ2v) is 4.71. The lowest BCUT2D eigenvalue weighted by molar-refractivity contribution is -0.255. The lowest BCUT2D eigenvalue weighted by Crippen LogP contribution is -2.37. The maximum Gasteiger partial charge on any atom is 0.329 e. The van der Waals surface area contributed by atoms with Crippen molar-refractivity contribution in [1.82, 2.24) is 10.7 Å². The van der Waals surface area contributed by atoms with Crippen molar-refractivity contribution in [3.63, 3.8) is 0 Å². The fourth-order valence-electron chi connectivity index (χ4n) is 1.84. The molecule has 0 radical (unpaired) electrons. The number of methoxy groups -OCH3 is 1. The third-order valence-electron chi connectivity index (χ3n) is 3.03. The van der Waals surface area contributed by atoms with Crippen LogP contribution in [-0.4, -0.2) is 31.1 Å². The molecule has 0 fully saturated rings. The van der Waals surface area contributed by atoms with Crippen LogP contribution in [0, 0.1) is 0 Å². The number of nitrogens with one attached hydrogen (secondary N) is 2. The molecule has 0 aliphatic carbocycles. The Morgan fingerprint density at radius 3 is 2.72 bits per heavy atom. The molecule has 0 saturated carbocycles. The van der Waals surface area contributed by atoms with E-state index in [0.29, 0.717) is 11.3 Å². The predicted molar refractivity (Wildman–Crippen MR) is 83.6 cm³/mol. The van der Waals surface area contributed by atoms with E-state index in [1.54, 1.807) is 12.1 Å². The first-order chi connectivity index (χ1) is 12.0. The normalized spacial score (nSPS) is 10.4. The summed E-state index contributed by atoms with van der Waals surface area (Å²) in [5.74, 6) is -2.64. The van der Waals surface area contributed by atoms with Crippen molar-refractivity contribution >= 4 is 24.0 Å². The molecular formula is C16H14N3O6-. The minimum Gasteiger partial charge on any atom is -0.545 e. The lowest BCUT2D eigenvalue weighted by atomic mass is 10.1. The van der Waals surface area contributed by atoms with Crippen molar-refractivity contribution in [3.05, 3.63) is 53.5 Å². The Balaban J connectivity index is 1.91. The zero-order chi connectivity index (χ0) is 18.2. The number of hydrogen-bond donors (Lipinski definition) is 2. The van der Waals surface area contributed by atoms with Gasteiger partial charge in [-0.1, -0.05) is 0 Å². The van der Waals surface area contributed by atoms with Crippen LogP contribution >= 0.6 is 0 Å². The van der Waals surface area contributed by atoms with Gasteiger partial charge in [0, 0.05) is 5.56 Å². The Morgan fingerprint density at radius 1 is 1.28 bits per heavy atom. The SMILES string of the molecule is COc1ccc(/C=N\NC(=O)C(=O)NCc2ccco2)cc1C(=O)[O-]. The van der Waals surface area contributed by atoms with E-state index in [4.69, 9.17) is 9.15 Å². The van der Waals surface area contributed by atoms with Gasteiger partial charge >= 0.3 is 11.8 Å². The summed E-state index contributed by atoms with van der Waals surface area (Å²) in [5, 5.41) is 17.0. The molecule has 130 valence electrons. The number of carboxylic acids is 1. The van der Waals surface area contributed by atoms with Crippen molar-refractivity contribution < 1.29 is 28.6 Å². The number of carbonyl (C=O) groups is 3. The van der Waals surface area contributed by atoms with Crippen LogP contribution in [0.15, 0.2) is 46.1 Å². The lowest BCUT2D eigenvalue weighted by Gasteiger charge is -2.09. The van der Waals surface area contributed by atoms with Crippen LogP contribution < -0.4 is 20.6 Å². The number of aromatic carboxylic acids is 1. The summed E-state index contributed by atoms with van der Waals surface area (Å²) in [7, 11) is 1.33. The van der Waals surface area contributed by atoms with Crippen LogP contribution in [0.25, 0.3) is 0 Å². The second-order valence-electron chi connectivity index (χ2n) is 4.71. The second kappa shape index (κ2) is 8.29. The van der Waals surface area contributed by atoms with Gasteiger partial charge in [-0.15, -0.1) is 0 Å². The first kappa shape index (κ1) is 17.7. The fourth-order valence-corrected chi connectivity index (χ4v) is 1.84. The summed E-state index contributed by atoms with van der Waals surface area (Å²) in [6, 6.07) is 7.51. The first-order valence-electron chi connectivity index (χ1n) is 7.04. The third-order valence-corrected chi connectivity index (χ3v) is 3.03. The van der Waals surface area contributed by atoms with Crippen LogP contribution in [0.1, 0.15) is 21.7 Å². The van der Waals surface area contributed by atoms with Crippen LogP contribution in [0.3, 0.4) is 0 Å². The maximum atomic E-state index is 11.6. The molecule has 2 amide bonds. The zero-order valence-electron chi connectivity index (χ0n) is 13.1. The molecule has 0 bridgehead atoms. The average Bonchev–Trinajstić information content (AvgIpc) is 3.12. The van der Waals surface area contributed by atoms with Gasteiger partial charge in [-0.25, -0.2) is 5.43 Å². The summed E-state index contributed by atoms with van der Waals surface area (Å²) in [5.41, 5.74) is 2.25. The van der Waals surface area contributed by atoms with E-state index in [2.05, 4.69) is 10.4 Å². The van der Waals surface area contributed by atoms with E-state index < -0.39 is 17.8 Å². The topological polar surface area (TPSA) is 133 Å². The number of hydrogen-bond acceptors (Lipinski definition) is 7. The summed E-state index contributed by atoms with van der Waals surface area (Å²) < 4.78 is 9.91. The van der Waals surface area contributed by atoms with E-state index >= 15 is 0 Å². The molecule has 2 N–H and O–H groups in total. The molecule has 1 heterocycles. The molecule has 0 atom stereocenters. The van der Waals surface area contributed by atoms with E-state index in [0.717, 1.165) is 0 Å². The zero-order valence-corrected chi connectivity index (χ0v) is 13.1. The highest BCUT2D eigenvalue weighted by molar-refractivity contribution is 6.35. The van der Waals surface area contributed by atoms with Gasteiger partial charge in [0.2, 0.25) is 0 Å². The summed E-state index contributed by atoms with van der Waals surface area (Å²) in [6.07, 6.45) is 2.63. The molecule has 1 aromatic heterocycles. The smallest absolute Gasteiger partial charge is 0.329 e. The summed E-state index contributed by atoms with van der Waals surface area (Å²) in [4.78, 5) is 34.2. The number of benzene rings is 1. The molecule has 25 heavy (non-hydrogen) atoms. The van der Waals surface area contributed by atoms with Crippen molar-refractivity contribution in [2.75, 3.05) is 7.11 Å². The highest BCUT2D eigenvalue weighted by atomic mass is 16.5. The van der Waals surface area contributed by atoms with Gasteiger partial charge in [0.1, 0.15) is 11.5 Å². The summed E-state index contributed by atoms with van der Waals surface area (Å²) >= 11 is 0. The van der Waals surface area contributed by atoms with Crippen molar-refractivity contribution in [1.29, 1.82) is 0 Å². The minimum atomic E-state index is -1.41. The van der Waals surface area contributed by atoms with Gasteiger partial charge in [0.05, 0.1) is 32.1 Å². The highest BCUT2D eigenvalue weighted by Gasteiger charge is 2.12. The molecule has 0 aliphatic heterocycles. The Morgan fingerprint density at radius 2 is 2.08 bits per heavy atom. The highest BCUT2D eigenvalue weighted by Crippen LogP contribution is 2.18. The van der Waals surface area contributed by atoms with Crippen LogP contribution in [0.2, 0.25) is 0 Å². The van der Waals surface area contributed by atoms with Crippen LogP contribution in [0.5, 0.6) is 5.75 Å². The number of rotatable bonds is 6. The number of amides is 2. The molecule has 1 aromatic carbocycles. The molecule has 9 nitrogen and oxygen atoms in total. The molecule has 0 aliphatic rings. The number of hydrazone groups is 1. The van der Waals surface area contributed by atoms with E-state index in [1.165, 1.54) is 37.8 Å². The molecular weight excluding hydrogens is 330 g/mol. The number of ether oxygens (including phenoxy) is 1. The number of furan rings is 1. The van der Waals surface area contributed by atoms with E-state index in [1.807, 2.05) is 5.43 Å². The maximum absolute atomic E-state index is 11.6. The molecule has 0 unspecified atom stereocenters. The molecule has 2 rings (SSSR count). The van der Waals surface area contributed by atoms with E-state index in [-0.39, 0.29) is 17.9 Å². The first-order valence-corrected chi connectivity index (χ1v) is 7.04. The quantitative estimate of drug-likeness (QED) is 0.409. The van der Waals surface area contributed by atoms with Crippen molar-refractivity contribution in [3.8, 4) is 5.75 Å². The van der Waals surface area contributed by atoms with Gasteiger partial charge < -0.3 is 24.4 Å². The Labute approximate surface area is 142 Å². The molecule has 2 aromatic rings.